The SMILES string of the molecule is CN=C(NCCCOCC(C)C)NCc1cccc(C(N)=O)c1.I. The predicted octanol–water partition coefficient (Wildman–Crippen LogP) is 2.13. The van der Waals surface area contributed by atoms with Crippen LogP contribution in [0.1, 0.15) is 36.2 Å². The van der Waals surface area contributed by atoms with Crippen LogP contribution in [0.15, 0.2) is 29.3 Å². The van der Waals surface area contributed by atoms with E-state index in [4.69, 9.17) is 10.5 Å². The number of carbonyl (C=O) groups excluding carboxylic acids is 1. The number of hydrogen-bond donors (Lipinski definition) is 3. The molecule has 4 N–H and O–H groups in total. The number of halogens is 1. The Morgan fingerprint density at radius 2 is 2.08 bits per heavy atom. The minimum absolute atomic E-state index is 0. The average Bonchev–Trinajstić information content (AvgIpc) is 2.53. The largest absolute Gasteiger partial charge is 0.381 e. The maximum atomic E-state index is 11.2. The zero-order valence-corrected chi connectivity index (χ0v) is 17.0. The third-order valence-corrected chi connectivity index (χ3v) is 3.10. The molecule has 0 aromatic heterocycles. The molecule has 0 fully saturated rings. The van der Waals surface area contributed by atoms with Crippen molar-refractivity contribution in [3.8, 4) is 0 Å². The van der Waals surface area contributed by atoms with Gasteiger partial charge >= 0.3 is 0 Å². The molecular formula is C17H29IN4O2. The summed E-state index contributed by atoms with van der Waals surface area (Å²) in [5.41, 5.74) is 6.77. The fraction of sp³-hybridized carbons (Fsp3) is 0.529. The monoisotopic (exact) mass is 448 g/mol. The van der Waals surface area contributed by atoms with Gasteiger partial charge in [0.2, 0.25) is 5.91 Å². The Kier molecular flexibility index (Phi) is 12.3. The standard InChI is InChI=1S/C17H28N4O2.HI/c1-13(2)12-23-9-5-8-20-17(19-3)21-11-14-6-4-7-15(10-14)16(18)22;/h4,6-7,10,13H,5,8-9,11-12H2,1-3H3,(H2,18,22)(H2,19,20,21);1H. The molecule has 7 heteroatoms. The van der Waals surface area contributed by atoms with Gasteiger partial charge in [0, 0.05) is 38.9 Å². The summed E-state index contributed by atoms with van der Waals surface area (Å²) in [5.74, 6) is 0.864. The van der Waals surface area contributed by atoms with Gasteiger partial charge in [0.25, 0.3) is 0 Å². The smallest absolute Gasteiger partial charge is 0.248 e. The second-order valence-corrected chi connectivity index (χ2v) is 5.74. The van der Waals surface area contributed by atoms with E-state index in [9.17, 15) is 4.79 Å². The lowest BCUT2D eigenvalue weighted by atomic mass is 10.1. The first-order valence-corrected chi connectivity index (χ1v) is 7.94. The lowest BCUT2D eigenvalue weighted by molar-refractivity contribution is 0.1000. The summed E-state index contributed by atoms with van der Waals surface area (Å²) in [6, 6.07) is 7.24. The van der Waals surface area contributed by atoms with Crippen molar-refractivity contribution in [3.05, 3.63) is 35.4 Å². The van der Waals surface area contributed by atoms with E-state index in [1.54, 1.807) is 19.2 Å². The van der Waals surface area contributed by atoms with Crippen LogP contribution in [0.25, 0.3) is 0 Å². The van der Waals surface area contributed by atoms with Crippen molar-refractivity contribution in [1.29, 1.82) is 0 Å². The van der Waals surface area contributed by atoms with Crippen molar-refractivity contribution in [1.82, 2.24) is 10.6 Å². The van der Waals surface area contributed by atoms with Crippen molar-refractivity contribution in [3.63, 3.8) is 0 Å². The van der Waals surface area contributed by atoms with Crippen LogP contribution in [-0.2, 0) is 11.3 Å². The van der Waals surface area contributed by atoms with Gasteiger partial charge in [-0.3, -0.25) is 9.79 Å². The van der Waals surface area contributed by atoms with Crippen LogP contribution < -0.4 is 16.4 Å². The zero-order chi connectivity index (χ0) is 17.1. The Morgan fingerprint density at radius 3 is 2.71 bits per heavy atom. The Bertz CT molecular complexity index is 521. The molecule has 6 nitrogen and oxygen atoms in total. The Hall–Kier alpha value is -1.35. The molecule has 0 bridgehead atoms. The Morgan fingerprint density at radius 1 is 1.33 bits per heavy atom. The predicted molar refractivity (Wildman–Crippen MR) is 109 cm³/mol. The van der Waals surface area contributed by atoms with E-state index in [0.717, 1.165) is 37.7 Å². The molecule has 0 unspecified atom stereocenters. The average molecular weight is 448 g/mol. The molecule has 0 saturated carbocycles. The molecule has 0 radical (unpaired) electrons. The van der Waals surface area contributed by atoms with Crippen LogP contribution >= 0.6 is 24.0 Å². The number of benzene rings is 1. The summed E-state index contributed by atoms with van der Waals surface area (Å²) in [4.78, 5) is 15.3. The highest BCUT2D eigenvalue weighted by atomic mass is 127. The molecule has 0 saturated heterocycles. The number of carbonyl (C=O) groups is 1. The first kappa shape index (κ1) is 22.6. The maximum Gasteiger partial charge on any atom is 0.248 e. The molecule has 0 aliphatic carbocycles. The van der Waals surface area contributed by atoms with Gasteiger partial charge in [-0.25, -0.2) is 0 Å². The number of amides is 1. The quantitative estimate of drug-likeness (QED) is 0.234. The third kappa shape index (κ3) is 9.71. The summed E-state index contributed by atoms with van der Waals surface area (Å²) in [6.45, 7) is 7.17. The Labute approximate surface area is 161 Å². The van der Waals surface area contributed by atoms with Crippen LogP contribution in [0.5, 0.6) is 0 Å². The van der Waals surface area contributed by atoms with E-state index in [1.165, 1.54) is 0 Å². The van der Waals surface area contributed by atoms with Crippen molar-refractivity contribution in [2.45, 2.75) is 26.8 Å². The zero-order valence-electron chi connectivity index (χ0n) is 14.7. The van der Waals surface area contributed by atoms with Crippen LogP contribution in [-0.4, -0.2) is 38.7 Å². The molecule has 1 aromatic carbocycles. The highest BCUT2D eigenvalue weighted by Gasteiger charge is 2.02. The van der Waals surface area contributed by atoms with Crippen LogP contribution in [0.4, 0.5) is 0 Å². The van der Waals surface area contributed by atoms with Crippen molar-refractivity contribution in [2.24, 2.45) is 16.6 Å². The van der Waals surface area contributed by atoms with Gasteiger partial charge in [0.15, 0.2) is 5.96 Å². The van der Waals surface area contributed by atoms with Gasteiger partial charge in [-0.05, 0) is 30.0 Å². The molecule has 0 atom stereocenters. The topological polar surface area (TPSA) is 88.7 Å². The molecular weight excluding hydrogens is 419 g/mol. The molecule has 0 heterocycles. The number of aliphatic imine (C=N–C) groups is 1. The molecule has 1 rings (SSSR count). The number of ether oxygens (including phenoxy) is 1. The van der Waals surface area contributed by atoms with E-state index in [-0.39, 0.29) is 24.0 Å². The van der Waals surface area contributed by atoms with Gasteiger partial charge in [-0.2, -0.15) is 0 Å². The second kappa shape index (κ2) is 13.0. The molecule has 1 aromatic rings. The summed E-state index contributed by atoms with van der Waals surface area (Å²) < 4.78 is 5.53. The number of nitrogens with zero attached hydrogens (tertiary/aromatic N) is 1. The summed E-state index contributed by atoms with van der Waals surface area (Å²) in [5, 5.41) is 6.44. The normalized spacial score (nSPS) is 11.1. The van der Waals surface area contributed by atoms with Crippen LogP contribution in [0.2, 0.25) is 0 Å². The van der Waals surface area contributed by atoms with Gasteiger partial charge in [-0.1, -0.05) is 26.0 Å². The number of rotatable bonds is 9. The molecule has 0 aliphatic heterocycles. The van der Waals surface area contributed by atoms with Crippen molar-refractivity contribution in [2.75, 3.05) is 26.8 Å². The first-order chi connectivity index (χ1) is 11.0. The molecule has 1 amide bonds. The van der Waals surface area contributed by atoms with Crippen molar-refractivity contribution < 1.29 is 9.53 Å². The highest BCUT2D eigenvalue weighted by Crippen LogP contribution is 2.04. The van der Waals surface area contributed by atoms with Gasteiger partial charge in [0.05, 0.1) is 0 Å². The van der Waals surface area contributed by atoms with Crippen LogP contribution in [0.3, 0.4) is 0 Å². The molecule has 136 valence electrons. The minimum atomic E-state index is -0.421. The third-order valence-electron chi connectivity index (χ3n) is 3.10. The fourth-order valence-electron chi connectivity index (χ4n) is 1.94. The number of primary amides is 1. The minimum Gasteiger partial charge on any atom is -0.381 e. The van der Waals surface area contributed by atoms with Gasteiger partial charge in [0.1, 0.15) is 0 Å². The highest BCUT2D eigenvalue weighted by molar-refractivity contribution is 14.0. The van der Waals surface area contributed by atoms with E-state index in [1.807, 2.05) is 12.1 Å². The number of hydrogen-bond acceptors (Lipinski definition) is 3. The van der Waals surface area contributed by atoms with Crippen molar-refractivity contribution >= 4 is 35.8 Å². The van der Waals surface area contributed by atoms with Gasteiger partial charge < -0.3 is 21.1 Å². The molecule has 0 spiro atoms. The second-order valence-electron chi connectivity index (χ2n) is 5.74. The summed E-state index contributed by atoms with van der Waals surface area (Å²) in [7, 11) is 1.73. The van der Waals surface area contributed by atoms with E-state index < -0.39 is 5.91 Å². The maximum absolute atomic E-state index is 11.2. The molecule has 0 aliphatic rings. The van der Waals surface area contributed by atoms with E-state index >= 15 is 0 Å². The summed E-state index contributed by atoms with van der Waals surface area (Å²) in [6.07, 6.45) is 0.921. The fourth-order valence-corrected chi connectivity index (χ4v) is 1.94. The van der Waals surface area contributed by atoms with Crippen LogP contribution in [0, 0.1) is 5.92 Å². The lowest BCUT2D eigenvalue weighted by Crippen LogP contribution is -2.37. The number of nitrogens with one attached hydrogen (secondary N) is 2. The molecule has 24 heavy (non-hydrogen) atoms. The van der Waals surface area contributed by atoms with E-state index in [0.29, 0.717) is 18.0 Å². The number of nitrogens with two attached hydrogens (primary N) is 1. The number of guanidine groups is 1. The Balaban J connectivity index is 0.00000529. The lowest BCUT2D eigenvalue weighted by Gasteiger charge is -2.12. The van der Waals surface area contributed by atoms with Gasteiger partial charge in [-0.15, -0.1) is 24.0 Å². The summed E-state index contributed by atoms with van der Waals surface area (Å²) >= 11 is 0. The van der Waals surface area contributed by atoms with E-state index in [2.05, 4.69) is 29.5 Å². The first-order valence-electron chi connectivity index (χ1n) is 7.94.